The van der Waals surface area contributed by atoms with Crippen molar-refractivity contribution in [3.8, 4) is 5.69 Å². The van der Waals surface area contributed by atoms with Crippen LogP contribution >= 0.6 is 0 Å². The number of fused-ring (bicyclic) bond motifs is 1. The largest absolute Gasteiger partial charge is 0.378 e. The Labute approximate surface area is 270 Å². The zero-order valence-electron chi connectivity index (χ0n) is 29.8. The first-order valence-corrected chi connectivity index (χ1v) is 16.6. The molecule has 3 aromatic carbocycles. The smallest absolute Gasteiger partial charge is 0.0541 e. The van der Waals surface area contributed by atoms with Gasteiger partial charge in [-0.05, 0) is 76.4 Å². The first-order valence-electron chi connectivity index (χ1n) is 16.6. The number of nitrogens with one attached hydrogen (secondary N) is 1. The Bertz CT molecular complexity index is 1410. The molecule has 0 aliphatic heterocycles. The lowest BCUT2D eigenvalue weighted by molar-refractivity contribution is 0.700. The number of hydrogen-bond acceptors (Lipinski definition) is 1. The van der Waals surface area contributed by atoms with Gasteiger partial charge in [0.25, 0.3) is 0 Å². The number of aromatic nitrogens is 1. The second-order valence-corrected chi connectivity index (χ2v) is 9.36. The molecule has 0 aliphatic rings. The molecule has 0 spiro atoms. The van der Waals surface area contributed by atoms with Gasteiger partial charge in [0.15, 0.2) is 0 Å². The molecule has 0 aliphatic carbocycles. The Kier molecular flexibility index (Phi) is 21.3. The molecule has 44 heavy (non-hydrogen) atoms. The zero-order chi connectivity index (χ0) is 33.5. The fourth-order valence-corrected chi connectivity index (χ4v) is 4.63. The maximum atomic E-state index is 4.07. The molecular formula is C42H60N2. The summed E-state index contributed by atoms with van der Waals surface area (Å²) in [5, 5.41) is 4.90. The average molecular weight is 593 g/mol. The van der Waals surface area contributed by atoms with Gasteiger partial charge in [-0.1, -0.05) is 146 Å². The minimum Gasteiger partial charge on any atom is -0.378 e. The van der Waals surface area contributed by atoms with E-state index < -0.39 is 0 Å². The summed E-state index contributed by atoms with van der Waals surface area (Å²) in [6.07, 6.45) is 13.7. The summed E-state index contributed by atoms with van der Waals surface area (Å²) in [6.45, 7) is 28.7. The van der Waals surface area contributed by atoms with Crippen LogP contribution in [0.15, 0.2) is 104 Å². The number of aryl methyl sites for hydroxylation is 1. The molecule has 1 atom stereocenters. The van der Waals surface area contributed by atoms with E-state index in [1.54, 1.807) is 0 Å². The molecule has 0 bridgehead atoms. The molecule has 2 nitrogen and oxygen atoms in total. The van der Waals surface area contributed by atoms with Gasteiger partial charge >= 0.3 is 0 Å². The van der Waals surface area contributed by atoms with E-state index in [0.29, 0.717) is 0 Å². The third kappa shape index (κ3) is 11.2. The van der Waals surface area contributed by atoms with Crippen LogP contribution in [0, 0.1) is 6.92 Å². The molecule has 1 N–H and O–H groups in total. The Morgan fingerprint density at radius 2 is 1.41 bits per heavy atom. The summed E-state index contributed by atoms with van der Waals surface area (Å²) in [6, 6.07) is 26.2. The summed E-state index contributed by atoms with van der Waals surface area (Å²) < 4.78 is 2.31. The maximum absolute atomic E-state index is 4.07. The fourth-order valence-electron chi connectivity index (χ4n) is 4.63. The quantitative estimate of drug-likeness (QED) is 0.201. The SMILES string of the molecule is C/C=C\CC.C=Cc1c(/C=C\C)n(-c2ccc(/C(=C/C)NC(C)c3ccc(C)cc3)cc2)c2ccccc12.CC.CC.CC. The number of benzene rings is 3. The van der Waals surface area contributed by atoms with Gasteiger partial charge in [-0.2, -0.15) is 0 Å². The third-order valence-electron chi connectivity index (χ3n) is 6.63. The van der Waals surface area contributed by atoms with Crippen LogP contribution in [0.2, 0.25) is 0 Å². The van der Waals surface area contributed by atoms with Crippen molar-refractivity contribution in [2.75, 3.05) is 0 Å². The van der Waals surface area contributed by atoms with Crippen molar-refractivity contribution in [3.63, 3.8) is 0 Å². The van der Waals surface area contributed by atoms with Crippen molar-refractivity contribution in [3.05, 3.63) is 132 Å². The topological polar surface area (TPSA) is 17.0 Å². The molecule has 1 unspecified atom stereocenters. The Hall–Kier alpha value is -4.04. The van der Waals surface area contributed by atoms with E-state index in [1.807, 2.05) is 54.5 Å². The average Bonchev–Trinajstić information content (AvgIpc) is 3.40. The number of allylic oxidation sites excluding steroid dienone is 4. The van der Waals surface area contributed by atoms with Crippen molar-refractivity contribution in [1.82, 2.24) is 9.88 Å². The number of rotatable bonds is 8. The van der Waals surface area contributed by atoms with Gasteiger partial charge < -0.3 is 9.88 Å². The lowest BCUT2D eigenvalue weighted by atomic mass is 10.0. The molecule has 0 fully saturated rings. The molecule has 2 heteroatoms. The van der Waals surface area contributed by atoms with Crippen LogP contribution in [0.5, 0.6) is 0 Å². The van der Waals surface area contributed by atoms with Crippen molar-refractivity contribution in [1.29, 1.82) is 0 Å². The van der Waals surface area contributed by atoms with Gasteiger partial charge in [-0.3, -0.25) is 0 Å². The van der Waals surface area contributed by atoms with Crippen LogP contribution < -0.4 is 5.32 Å². The summed E-state index contributed by atoms with van der Waals surface area (Å²) in [4.78, 5) is 0. The Morgan fingerprint density at radius 1 is 0.818 bits per heavy atom. The van der Waals surface area contributed by atoms with Gasteiger partial charge in [0.2, 0.25) is 0 Å². The van der Waals surface area contributed by atoms with Crippen molar-refractivity contribution in [2.45, 2.75) is 95.5 Å². The van der Waals surface area contributed by atoms with Gasteiger partial charge in [0.1, 0.15) is 0 Å². The highest BCUT2D eigenvalue weighted by molar-refractivity contribution is 5.95. The summed E-state index contributed by atoms with van der Waals surface area (Å²) >= 11 is 0. The first kappa shape index (κ1) is 40.0. The van der Waals surface area contributed by atoms with E-state index in [-0.39, 0.29) is 6.04 Å². The van der Waals surface area contributed by atoms with Crippen molar-refractivity contribution >= 4 is 28.8 Å². The minimum atomic E-state index is 0.223. The Balaban J connectivity index is 0.00000148. The van der Waals surface area contributed by atoms with Crippen LogP contribution in [0.1, 0.15) is 117 Å². The van der Waals surface area contributed by atoms with E-state index in [0.717, 1.165) is 29.1 Å². The predicted octanol–water partition coefficient (Wildman–Crippen LogP) is 13.4. The summed E-state index contributed by atoms with van der Waals surface area (Å²) in [5.74, 6) is 0. The van der Waals surface area contributed by atoms with Crippen LogP contribution in [0.25, 0.3) is 34.4 Å². The molecule has 0 radical (unpaired) electrons. The molecule has 238 valence electrons. The molecule has 1 heterocycles. The van der Waals surface area contributed by atoms with E-state index in [2.05, 4.69) is 154 Å². The zero-order valence-corrected chi connectivity index (χ0v) is 29.8. The highest BCUT2D eigenvalue weighted by Crippen LogP contribution is 2.32. The number of para-hydroxylation sites is 1. The highest BCUT2D eigenvalue weighted by Gasteiger charge is 2.15. The van der Waals surface area contributed by atoms with Gasteiger partial charge in [-0.25, -0.2) is 0 Å². The standard InChI is InChI=1S/C31H32N2.C5H10.3C2H6/c1-6-11-30-27(7-2)28-12-9-10-13-31(28)33(30)26-20-18-25(19-21-26)29(8-3)32-23(5)24-16-14-22(4)15-17-24;1-3-5-4-2;3*1-2/h6-21,23,32H,2H2,1,3-5H3;3,5H,4H2,1-2H3;3*1-2H3/b11-6-,29-8-;5-3-;;;. The van der Waals surface area contributed by atoms with Crippen LogP contribution in [0.3, 0.4) is 0 Å². The molecule has 0 saturated heterocycles. The van der Waals surface area contributed by atoms with Crippen LogP contribution in [0.4, 0.5) is 0 Å². The molecule has 4 rings (SSSR count). The number of hydrogen-bond donors (Lipinski definition) is 1. The summed E-state index contributed by atoms with van der Waals surface area (Å²) in [5.41, 5.74) is 9.50. The maximum Gasteiger partial charge on any atom is 0.0541 e. The lowest BCUT2D eigenvalue weighted by Gasteiger charge is -2.19. The first-order chi connectivity index (χ1) is 21.5. The molecule has 4 aromatic rings. The van der Waals surface area contributed by atoms with Gasteiger partial charge in [0.05, 0.1) is 11.2 Å². The predicted molar refractivity (Wildman–Crippen MR) is 204 cm³/mol. The molecule has 0 amide bonds. The van der Waals surface area contributed by atoms with Crippen LogP contribution in [-0.2, 0) is 0 Å². The normalized spacial score (nSPS) is 11.2. The second kappa shape index (κ2) is 23.4. The highest BCUT2D eigenvalue weighted by atomic mass is 15.0. The van der Waals surface area contributed by atoms with Crippen LogP contribution in [-0.4, -0.2) is 4.57 Å². The van der Waals surface area contributed by atoms with Gasteiger partial charge in [0, 0.05) is 28.4 Å². The van der Waals surface area contributed by atoms with E-state index >= 15 is 0 Å². The van der Waals surface area contributed by atoms with Gasteiger partial charge in [-0.15, -0.1) is 0 Å². The van der Waals surface area contributed by atoms with E-state index in [9.17, 15) is 0 Å². The molecule has 0 saturated carbocycles. The Morgan fingerprint density at radius 3 is 1.89 bits per heavy atom. The molecular weight excluding hydrogens is 532 g/mol. The minimum absolute atomic E-state index is 0.223. The van der Waals surface area contributed by atoms with Crippen molar-refractivity contribution in [2.24, 2.45) is 0 Å². The van der Waals surface area contributed by atoms with Crippen molar-refractivity contribution < 1.29 is 0 Å². The second-order valence-electron chi connectivity index (χ2n) is 9.36. The third-order valence-corrected chi connectivity index (χ3v) is 6.63. The van der Waals surface area contributed by atoms with E-state index in [4.69, 9.17) is 0 Å². The van der Waals surface area contributed by atoms with E-state index in [1.165, 1.54) is 27.6 Å². The summed E-state index contributed by atoms with van der Waals surface area (Å²) in [7, 11) is 0. The molecule has 1 aromatic heterocycles. The number of nitrogens with zero attached hydrogens (tertiary/aromatic N) is 1. The lowest BCUT2D eigenvalue weighted by Crippen LogP contribution is -2.17. The fraction of sp³-hybridized carbons (Fsp3) is 0.333. The monoisotopic (exact) mass is 592 g/mol.